The van der Waals surface area contributed by atoms with Crippen molar-refractivity contribution in [2.75, 3.05) is 13.2 Å². The zero-order chi connectivity index (χ0) is 13.8. The first-order chi connectivity index (χ1) is 9.11. The Morgan fingerprint density at radius 3 is 2.79 bits per heavy atom. The van der Waals surface area contributed by atoms with Crippen molar-refractivity contribution in [3.8, 4) is 5.75 Å². The summed E-state index contributed by atoms with van der Waals surface area (Å²) in [7, 11) is 0. The van der Waals surface area contributed by atoms with Crippen LogP contribution in [0.3, 0.4) is 0 Å². The van der Waals surface area contributed by atoms with Gasteiger partial charge in [0.15, 0.2) is 0 Å². The number of fused-ring (bicyclic) bond motifs is 1. The van der Waals surface area contributed by atoms with Gasteiger partial charge in [0.05, 0.1) is 6.61 Å². The van der Waals surface area contributed by atoms with Crippen molar-refractivity contribution in [3.05, 3.63) is 29.5 Å². The lowest BCUT2D eigenvalue weighted by Gasteiger charge is -2.08. The first-order valence-corrected chi connectivity index (χ1v) is 7.09. The Balaban J connectivity index is 2.25. The minimum absolute atomic E-state index is 0.532. The Morgan fingerprint density at radius 1 is 1.32 bits per heavy atom. The molecule has 3 heteroatoms. The predicted molar refractivity (Wildman–Crippen MR) is 81.0 cm³/mol. The molecule has 0 atom stereocenters. The smallest absolute Gasteiger partial charge is 0.120 e. The van der Waals surface area contributed by atoms with Gasteiger partial charge in [-0.15, -0.1) is 0 Å². The lowest BCUT2D eigenvalue weighted by molar-refractivity contribution is 0.340. The summed E-state index contributed by atoms with van der Waals surface area (Å²) < 4.78 is 5.59. The van der Waals surface area contributed by atoms with Gasteiger partial charge in [-0.05, 0) is 50.6 Å². The Labute approximate surface area is 115 Å². The third-order valence-electron chi connectivity index (χ3n) is 3.33. The molecule has 104 valence electrons. The molecule has 0 unspecified atom stereocenters. The van der Waals surface area contributed by atoms with E-state index in [4.69, 9.17) is 4.74 Å². The van der Waals surface area contributed by atoms with Crippen molar-refractivity contribution in [2.24, 2.45) is 0 Å². The van der Waals surface area contributed by atoms with Crippen molar-refractivity contribution < 1.29 is 4.74 Å². The number of H-pyrrole nitrogens is 1. The molecule has 0 fully saturated rings. The van der Waals surface area contributed by atoms with E-state index in [0.29, 0.717) is 12.6 Å². The molecule has 2 rings (SSSR count). The van der Waals surface area contributed by atoms with Crippen LogP contribution in [0, 0.1) is 6.92 Å². The van der Waals surface area contributed by atoms with Crippen molar-refractivity contribution >= 4 is 10.9 Å². The Hall–Kier alpha value is -1.48. The third kappa shape index (κ3) is 3.29. The number of aryl methyl sites for hydroxylation is 1. The average molecular weight is 260 g/mol. The highest BCUT2D eigenvalue weighted by Gasteiger charge is 2.09. The molecule has 3 nitrogen and oxygen atoms in total. The molecule has 0 saturated heterocycles. The molecule has 0 bridgehead atoms. The number of aromatic nitrogens is 1. The first-order valence-electron chi connectivity index (χ1n) is 7.09. The Bertz CT molecular complexity index is 543. The summed E-state index contributed by atoms with van der Waals surface area (Å²) >= 11 is 0. The molecule has 1 aromatic heterocycles. The summed E-state index contributed by atoms with van der Waals surface area (Å²) in [5.74, 6) is 0.951. The van der Waals surface area contributed by atoms with Crippen LogP contribution in [0.4, 0.5) is 0 Å². The second kappa shape index (κ2) is 6.11. The molecule has 2 N–H and O–H groups in total. The van der Waals surface area contributed by atoms with E-state index in [9.17, 15) is 0 Å². The summed E-state index contributed by atoms with van der Waals surface area (Å²) in [4.78, 5) is 3.45. The average Bonchev–Trinajstić information content (AvgIpc) is 2.66. The van der Waals surface area contributed by atoms with E-state index in [1.54, 1.807) is 0 Å². The fraction of sp³-hybridized carbons (Fsp3) is 0.500. The molecule has 0 amide bonds. The fourth-order valence-corrected chi connectivity index (χ4v) is 2.43. The normalized spacial score (nSPS) is 11.4. The number of ether oxygens (including phenoxy) is 1. The second-order valence-corrected chi connectivity index (χ2v) is 5.23. The van der Waals surface area contributed by atoms with Crippen molar-refractivity contribution in [3.63, 3.8) is 0 Å². The van der Waals surface area contributed by atoms with E-state index in [1.165, 1.54) is 22.2 Å². The summed E-state index contributed by atoms with van der Waals surface area (Å²) in [5.41, 5.74) is 3.85. The summed E-state index contributed by atoms with van der Waals surface area (Å²) in [6, 6.07) is 6.81. The van der Waals surface area contributed by atoms with Crippen LogP contribution in [0.1, 0.15) is 32.0 Å². The van der Waals surface area contributed by atoms with Crippen LogP contribution in [0.5, 0.6) is 5.75 Å². The van der Waals surface area contributed by atoms with Crippen LogP contribution in [0.25, 0.3) is 10.9 Å². The molecule has 0 saturated carbocycles. The molecule has 1 aromatic carbocycles. The number of rotatable bonds is 6. The standard InChI is InChI=1S/C16H24N2O/c1-5-19-13-6-7-16-15(10-13)14(12(4)18-16)8-9-17-11(2)3/h6-7,10-11,17-18H,5,8-9H2,1-4H3. The fourth-order valence-electron chi connectivity index (χ4n) is 2.43. The highest BCUT2D eigenvalue weighted by molar-refractivity contribution is 5.86. The topological polar surface area (TPSA) is 37.0 Å². The summed E-state index contributed by atoms with van der Waals surface area (Å²) in [6.07, 6.45) is 1.04. The van der Waals surface area contributed by atoms with Gasteiger partial charge in [0, 0.05) is 22.6 Å². The lowest BCUT2D eigenvalue weighted by atomic mass is 10.1. The van der Waals surface area contributed by atoms with Gasteiger partial charge in [0.1, 0.15) is 5.75 Å². The zero-order valence-electron chi connectivity index (χ0n) is 12.3. The SMILES string of the molecule is CCOc1ccc2[nH]c(C)c(CCNC(C)C)c2c1. The highest BCUT2D eigenvalue weighted by Crippen LogP contribution is 2.26. The molecule has 0 aliphatic carbocycles. The Kier molecular flexibility index (Phi) is 4.48. The van der Waals surface area contributed by atoms with Gasteiger partial charge in [-0.1, -0.05) is 13.8 Å². The van der Waals surface area contributed by atoms with E-state index in [0.717, 1.165) is 18.7 Å². The van der Waals surface area contributed by atoms with E-state index in [1.807, 2.05) is 13.0 Å². The third-order valence-corrected chi connectivity index (χ3v) is 3.33. The van der Waals surface area contributed by atoms with E-state index < -0.39 is 0 Å². The van der Waals surface area contributed by atoms with Crippen molar-refractivity contribution in [2.45, 2.75) is 40.2 Å². The van der Waals surface area contributed by atoms with Crippen LogP contribution in [-0.2, 0) is 6.42 Å². The van der Waals surface area contributed by atoms with Crippen LogP contribution < -0.4 is 10.1 Å². The van der Waals surface area contributed by atoms with Crippen LogP contribution in [0.15, 0.2) is 18.2 Å². The van der Waals surface area contributed by atoms with Gasteiger partial charge in [0.25, 0.3) is 0 Å². The molecule has 0 radical (unpaired) electrons. The van der Waals surface area contributed by atoms with Crippen LogP contribution in [0.2, 0.25) is 0 Å². The summed E-state index contributed by atoms with van der Waals surface area (Å²) in [6.45, 7) is 10.2. The van der Waals surface area contributed by atoms with Gasteiger partial charge >= 0.3 is 0 Å². The number of hydrogen-bond acceptors (Lipinski definition) is 2. The molecule has 2 aromatic rings. The minimum atomic E-state index is 0.532. The molecular formula is C16H24N2O. The first kappa shape index (κ1) is 13.9. The largest absolute Gasteiger partial charge is 0.494 e. The maximum atomic E-state index is 5.59. The zero-order valence-corrected chi connectivity index (χ0v) is 12.3. The number of aromatic amines is 1. The molecular weight excluding hydrogens is 236 g/mol. The highest BCUT2D eigenvalue weighted by atomic mass is 16.5. The minimum Gasteiger partial charge on any atom is -0.494 e. The van der Waals surface area contributed by atoms with Crippen molar-refractivity contribution in [1.82, 2.24) is 10.3 Å². The van der Waals surface area contributed by atoms with Crippen LogP contribution in [-0.4, -0.2) is 24.2 Å². The van der Waals surface area contributed by atoms with Gasteiger partial charge in [-0.3, -0.25) is 0 Å². The molecule has 0 aliphatic heterocycles. The predicted octanol–water partition coefficient (Wildman–Crippen LogP) is 3.42. The molecule has 19 heavy (non-hydrogen) atoms. The van der Waals surface area contributed by atoms with Gasteiger partial charge in [0.2, 0.25) is 0 Å². The lowest BCUT2D eigenvalue weighted by Crippen LogP contribution is -2.25. The number of hydrogen-bond donors (Lipinski definition) is 2. The Morgan fingerprint density at radius 2 is 2.11 bits per heavy atom. The molecule has 0 spiro atoms. The summed E-state index contributed by atoms with van der Waals surface area (Å²) in [5, 5.41) is 4.76. The molecule has 0 aliphatic rings. The van der Waals surface area contributed by atoms with Gasteiger partial charge < -0.3 is 15.0 Å². The number of benzene rings is 1. The number of nitrogens with one attached hydrogen (secondary N) is 2. The van der Waals surface area contributed by atoms with Crippen LogP contribution >= 0.6 is 0 Å². The quantitative estimate of drug-likeness (QED) is 0.835. The van der Waals surface area contributed by atoms with E-state index >= 15 is 0 Å². The maximum Gasteiger partial charge on any atom is 0.120 e. The molecule has 1 heterocycles. The van der Waals surface area contributed by atoms with E-state index in [-0.39, 0.29) is 0 Å². The van der Waals surface area contributed by atoms with Crippen molar-refractivity contribution in [1.29, 1.82) is 0 Å². The van der Waals surface area contributed by atoms with Gasteiger partial charge in [-0.2, -0.15) is 0 Å². The monoisotopic (exact) mass is 260 g/mol. The van der Waals surface area contributed by atoms with Gasteiger partial charge in [-0.25, -0.2) is 0 Å². The van der Waals surface area contributed by atoms with E-state index in [2.05, 4.69) is 43.2 Å². The maximum absolute atomic E-state index is 5.59. The second-order valence-electron chi connectivity index (χ2n) is 5.23.